The summed E-state index contributed by atoms with van der Waals surface area (Å²) in [6.07, 6.45) is 6.26. The molecule has 0 saturated carbocycles. The van der Waals surface area contributed by atoms with Crippen molar-refractivity contribution in [3.8, 4) is 11.5 Å². The third-order valence-electron chi connectivity index (χ3n) is 6.29. The Morgan fingerprint density at radius 1 is 1.03 bits per heavy atom. The van der Waals surface area contributed by atoms with Crippen LogP contribution in [0.15, 0.2) is 84.1 Å². The van der Waals surface area contributed by atoms with Crippen LogP contribution < -0.4 is 20.3 Å². The highest BCUT2D eigenvalue weighted by Crippen LogP contribution is 2.32. The molecule has 9 heteroatoms. The summed E-state index contributed by atoms with van der Waals surface area (Å²) in [5.74, 6) is 1.12. The molecule has 1 N–H and O–H groups in total. The van der Waals surface area contributed by atoms with Gasteiger partial charge in [-0.2, -0.15) is 5.10 Å². The van der Waals surface area contributed by atoms with E-state index in [0.717, 1.165) is 21.9 Å². The van der Waals surface area contributed by atoms with E-state index in [4.69, 9.17) is 9.47 Å². The fourth-order valence-electron chi connectivity index (χ4n) is 4.42. The number of hydrogen-bond donors (Lipinski definition) is 1. The van der Waals surface area contributed by atoms with Crippen molar-refractivity contribution in [2.45, 2.75) is 13.1 Å². The van der Waals surface area contributed by atoms with Crippen LogP contribution in [-0.2, 0) is 17.9 Å². The number of benzene rings is 3. The van der Waals surface area contributed by atoms with Gasteiger partial charge in [0.05, 0.1) is 19.3 Å². The van der Waals surface area contributed by atoms with E-state index < -0.39 is 0 Å². The monoisotopic (exact) mass is 493 g/mol. The molecule has 6 rings (SSSR count). The fraction of sp³-hybridized carbons (Fsp3) is 0.143. The van der Waals surface area contributed by atoms with E-state index >= 15 is 0 Å². The van der Waals surface area contributed by atoms with E-state index in [1.54, 1.807) is 21.7 Å². The lowest BCUT2D eigenvalue weighted by molar-refractivity contribution is -0.116. The van der Waals surface area contributed by atoms with Gasteiger partial charge in [-0.1, -0.05) is 48.5 Å². The fourth-order valence-corrected chi connectivity index (χ4v) is 4.42. The van der Waals surface area contributed by atoms with Crippen LogP contribution in [0.3, 0.4) is 0 Å². The van der Waals surface area contributed by atoms with Gasteiger partial charge in [0, 0.05) is 12.6 Å². The number of rotatable bonds is 7. The Labute approximate surface area is 211 Å². The van der Waals surface area contributed by atoms with Crippen LogP contribution in [0.5, 0.6) is 11.5 Å². The molecule has 0 saturated heterocycles. The second-order valence-corrected chi connectivity index (χ2v) is 8.66. The molecule has 184 valence electrons. The van der Waals surface area contributed by atoms with Crippen molar-refractivity contribution in [3.63, 3.8) is 0 Å². The van der Waals surface area contributed by atoms with Crippen LogP contribution in [-0.4, -0.2) is 38.6 Å². The number of amides is 1. The van der Waals surface area contributed by atoms with Crippen molar-refractivity contribution in [1.82, 2.24) is 24.6 Å². The zero-order valence-corrected chi connectivity index (χ0v) is 19.8. The minimum absolute atomic E-state index is 0.153. The zero-order chi connectivity index (χ0) is 25.2. The first-order valence-corrected chi connectivity index (χ1v) is 11.9. The smallest absolute Gasteiger partial charge is 0.264 e. The van der Waals surface area contributed by atoms with E-state index in [1.807, 2.05) is 42.5 Å². The zero-order valence-electron chi connectivity index (χ0n) is 19.8. The van der Waals surface area contributed by atoms with Crippen molar-refractivity contribution in [1.29, 1.82) is 0 Å². The summed E-state index contributed by atoms with van der Waals surface area (Å²) in [5.41, 5.74) is 2.22. The summed E-state index contributed by atoms with van der Waals surface area (Å²) in [6.45, 7) is 1.34. The molecule has 1 aliphatic rings. The lowest BCUT2D eigenvalue weighted by Crippen LogP contribution is -2.26. The van der Waals surface area contributed by atoms with Crippen molar-refractivity contribution < 1.29 is 14.3 Å². The highest BCUT2D eigenvalue weighted by Gasteiger charge is 2.13. The predicted octanol–water partition coefficient (Wildman–Crippen LogP) is 3.35. The van der Waals surface area contributed by atoms with Crippen molar-refractivity contribution in [2.75, 3.05) is 13.3 Å². The molecule has 0 unspecified atom stereocenters. The first kappa shape index (κ1) is 22.5. The molecule has 0 aliphatic carbocycles. The molecule has 37 heavy (non-hydrogen) atoms. The number of ether oxygens (including phenoxy) is 2. The van der Waals surface area contributed by atoms with Gasteiger partial charge in [0.15, 0.2) is 17.1 Å². The maximum Gasteiger partial charge on any atom is 0.264 e. The van der Waals surface area contributed by atoms with Gasteiger partial charge < -0.3 is 14.8 Å². The van der Waals surface area contributed by atoms with Crippen LogP contribution >= 0.6 is 0 Å². The highest BCUT2D eigenvalue weighted by molar-refractivity contribution is 5.91. The van der Waals surface area contributed by atoms with Crippen molar-refractivity contribution in [3.05, 3.63) is 101 Å². The van der Waals surface area contributed by atoms with Crippen molar-refractivity contribution >= 4 is 33.8 Å². The average Bonchev–Trinajstić information content (AvgIpc) is 3.56. The van der Waals surface area contributed by atoms with Crippen LogP contribution in [0.25, 0.3) is 27.9 Å². The molecule has 0 spiro atoms. The van der Waals surface area contributed by atoms with Crippen LogP contribution in [0.1, 0.15) is 11.1 Å². The summed E-state index contributed by atoms with van der Waals surface area (Å²) >= 11 is 0. The van der Waals surface area contributed by atoms with Gasteiger partial charge in [-0.25, -0.2) is 9.67 Å². The predicted molar refractivity (Wildman–Crippen MR) is 139 cm³/mol. The van der Waals surface area contributed by atoms with Gasteiger partial charge >= 0.3 is 0 Å². The lowest BCUT2D eigenvalue weighted by atomic mass is 10.0. The molecule has 0 fully saturated rings. The number of nitrogens with zero attached hydrogens (tertiary/aromatic N) is 4. The molecular formula is C28H23N5O4. The Hall–Kier alpha value is -4.92. The van der Waals surface area contributed by atoms with E-state index in [-0.39, 0.29) is 18.3 Å². The number of carbonyl (C=O) groups excluding carboxylic acids is 1. The molecule has 0 atom stereocenters. The Morgan fingerprint density at radius 2 is 1.89 bits per heavy atom. The van der Waals surface area contributed by atoms with Crippen LogP contribution in [0.4, 0.5) is 0 Å². The van der Waals surface area contributed by atoms with Gasteiger partial charge in [0.1, 0.15) is 11.7 Å². The molecule has 5 aromatic rings. The first-order chi connectivity index (χ1) is 18.2. The minimum Gasteiger partial charge on any atom is -0.454 e. The topological polar surface area (TPSA) is 100 Å². The summed E-state index contributed by atoms with van der Waals surface area (Å²) in [6, 6.07) is 19.6. The molecule has 1 amide bonds. The normalized spacial score (nSPS) is 12.5. The maximum atomic E-state index is 13.1. The first-order valence-electron chi connectivity index (χ1n) is 11.9. The third-order valence-corrected chi connectivity index (χ3v) is 6.29. The number of carbonyl (C=O) groups is 1. The lowest BCUT2D eigenvalue weighted by Gasteiger charge is -2.09. The Balaban J connectivity index is 1.11. The van der Waals surface area contributed by atoms with Crippen LogP contribution in [0, 0.1) is 0 Å². The van der Waals surface area contributed by atoms with E-state index in [9.17, 15) is 9.59 Å². The Morgan fingerprint density at radius 3 is 2.84 bits per heavy atom. The Kier molecular flexibility index (Phi) is 5.86. The van der Waals surface area contributed by atoms with E-state index in [0.29, 0.717) is 42.2 Å². The second kappa shape index (κ2) is 9.62. The molecule has 9 nitrogen and oxygen atoms in total. The molecule has 3 heterocycles. The highest BCUT2D eigenvalue weighted by atomic mass is 16.7. The molecule has 3 aromatic carbocycles. The quantitative estimate of drug-likeness (QED) is 0.349. The number of nitrogens with one attached hydrogen (secondary N) is 1. The molecular weight excluding hydrogens is 470 g/mol. The Bertz CT molecular complexity index is 1710. The number of hydrogen-bond acceptors (Lipinski definition) is 6. The van der Waals surface area contributed by atoms with Gasteiger partial charge in [-0.15, -0.1) is 0 Å². The number of aromatic nitrogens is 4. The maximum absolute atomic E-state index is 13.1. The van der Waals surface area contributed by atoms with Crippen molar-refractivity contribution in [2.24, 2.45) is 0 Å². The SMILES string of the molecule is O=C(/C=C\c1ccc2c(c1)OCO2)NCCn1ncc2c(=O)n(Cc3cccc4ccccc34)cnc21. The summed E-state index contributed by atoms with van der Waals surface area (Å²) in [4.78, 5) is 29.9. The molecule has 0 bridgehead atoms. The van der Waals surface area contributed by atoms with E-state index in [1.165, 1.54) is 12.3 Å². The van der Waals surface area contributed by atoms with Gasteiger partial charge in [0.25, 0.3) is 5.56 Å². The van der Waals surface area contributed by atoms with E-state index in [2.05, 4.69) is 33.6 Å². The molecule has 0 radical (unpaired) electrons. The van der Waals surface area contributed by atoms with Gasteiger partial charge in [0.2, 0.25) is 12.7 Å². The van der Waals surface area contributed by atoms with Crippen LogP contribution in [0.2, 0.25) is 0 Å². The average molecular weight is 494 g/mol. The number of fused-ring (bicyclic) bond motifs is 3. The molecule has 2 aromatic heterocycles. The summed E-state index contributed by atoms with van der Waals surface area (Å²) in [7, 11) is 0. The van der Waals surface area contributed by atoms with Gasteiger partial charge in [-0.3, -0.25) is 14.2 Å². The standard InChI is InChI=1S/C28H23N5O4/c34-26(11-9-19-8-10-24-25(14-19)37-18-36-24)29-12-13-33-27-23(15-31-33)28(35)32(17-30-27)16-21-6-3-5-20-4-1-2-7-22(20)21/h1-11,14-15,17H,12-13,16,18H2,(H,29,34)/b11-9-. The minimum atomic E-state index is -0.237. The summed E-state index contributed by atoms with van der Waals surface area (Å²) < 4.78 is 13.9. The largest absolute Gasteiger partial charge is 0.454 e. The second-order valence-electron chi connectivity index (χ2n) is 8.66. The molecule has 1 aliphatic heterocycles. The third kappa shape index (κ3) is 4.54. The van der Waals surface area contributed by atoms with Gasteiger partial charge in [-0.05, 0) is 40.1 Å². The summed E-state index contributed by atoms with van der Waals surface area (Å²) in [5, 5.41) is 9.83.